The predicted molar refractivity (Wildman–Crippen MR) is 96.8 cm³/mol. The van der Waals surface area contributed by atoms with E-state index in [0.717, 1.165) is 35.7 Å². The van der Waals surface area contributed by atoms with E-state index in [-0.39, 0.29) is 23.9 Å². The zero-order chi connectivity index (χ0) is 20.6. The van der Waals surface area contributed by atoms with Gasteiger partial charge < -0.3 is 4.74 Å². The van der Waals surface area contributed by atoms with Gasteiger partial charge in [-0.05, 0) is 49.2 Å². The van der Waals surface area contributed by atoms with Gasteiger partial charge in [-0.25, -0.2) is 8.42 Å². The van der Waals surface area contributed by atoms with Gasteiger partial charge in [0.25, 0.3) is 0 Å². The second-order valence-corrected chi connectivity index (χ2v) is 8.62. The monoisotopic (exact) mass is 426 g/mol. The number of benzene rings is 1. The van der Waals surface area contributed by atoms with Gasteiger partial charge in [0.1, 0.15) is 11.6 Å². The highest BCUT2D eigenvalue weighted by Crippen LogP contribution is 2.31. The first-order valence-electron chi connectivity index (χ1n) is 8.90. The quantitative estimate of drug-likeness (QED) is 0.640. The molecular formula is C18H17F3N4O3S. The number of nitrogens with zero attached hydrogens (tertiary/aromatic N) is 4. The van der Waals surface area contributed by atoms with Gasteiger partial charge in [0.05, 0.1) is 4.90 Å². The fourth-order valence-electron chi connectivity index (χ4n) is 3.45. The highest BCUT2D eigenvalue weighted by Gasteiger charge is 2.33. The Morgan fingerprint density at radius 2 is 1.69 bits per heavy atom. The minimum absolute atomic E-state index is 0.0708. The Kier molecular flexibility index (Phi) is 4.95. The van der Waals surface area contributed by atoms with Crippen molar-refractivity contribution in [2.75, 3.05) is 13.1 Å². The third-order valence-electron chi connectivity index (χ3n) is 4.85. The zero-order valence-corrected chi connectivity index (χ0v) is 15.9. The average molecular weight is 426 g/mol. The third kappa shape index (κ3) is 4.06. The number of pyridine rings is 1. The summed E-state index contributed by atoms with van der Waals surface area (Å²) in [4.78, 5) is -0.0709. The number of alkyl halides is 3. The number of halogens is 3. The minimum atomic E-state index is -4.83. The predicted octanol–water partition coefficient (Wildman–Crippen LogP) is 3.20. The summed E-state index contributed by atoms with van der Waals surface area (Å²) in [6, 6.07) is 9.83. The number of ether oxygens (including phenoxy) is 1. The molecule has 29 heavy (non-hydrogen) atoms. The summed E-state index contributed by atoms with van der Waals surface area (Å²) in [6.45, 7) is 0.575. The molecule has 2 aromatic heterocycles. The Morgan fingerprint density at radius 1 is 1.00 bits per heavy atom. The van der Waals surface area contributed by atoms with Crippen LogP contribution in [0.2, 0.25) is 0 Å². The summed E-state index contributed by atoms with van der Waals surface area (Å²) in [5.41, 5.74) is 0.735. The van der Waals surface area contributed by atoms with Crippen LogP contribution < -0.4 is 4.74 Å². The second kappa shape index (κ2) is 7.30. The Balaban J connectivity index is 1.46. The summed E-state index contributed by atoms with van der Waals surface area (Å²) >= 11 is 0. The van der Waals surface area contributed by atoms with E-state index in [9.17, 15) is 21.6 Å². The van der Waals surface area contributed by atoms with E-state index < -0.39 is 22.1 Å². The Hall–Kier alpha value is -2.66. The highest BCUT2D eigenvalue weighted by molar-refractivity contribution is 7.89. The SMILES string of the molecule is O=S(=O)(c1ccc(OC(F)(F)F)cc1)N1CCC(c2nnc3ccccn23)CC1. The first-order valence-corrected chi connectivity index (χ1v) is 10.3. The number of hydrogen-bond donors (Lipinski definition) is 0. The summed E-state index contributed by atoms with van der Waals surface area (Å²) in [7, 11) is -3.80. The number of hydrogen-bond acceptors (Lipinski definition) is 5. The van der Waals surface area contributed by atoms with Gasteiger partial charge in [-0.3, -0.25) is 4.40 Å². The molecule has 4 rings (SSSR count). The molecule has 0 spiro atoms. The summed E-state index contributed by atoms with van der Waals surface area (Å²) in [5.74, 6) is 0.404. The third-order valence-corrected chi connectivity index (χ3v) is 6.77. The van der Waals surface area contributed by atoms with Crippen molar-refractivity contribution >= 4 is 15.7 Å². The highest BCUT2D eigenvalue weighted by atomic mass is 32.2. The summed E-state index contributed by atoms with van der Waals surface area (Å²) in [6.07, 6.45) is -1.80. The van der Waals surface area contributed by atoms with Crippen molar-refractivity contribution in [2.45, 2.75) is 30.0 Å². The van der Waals surface area contributed by atoms with Crippen LogP contribution >= 0.6 is 0 Å². The fraction of sp³-hybridized carbons (Fsp3) is 0.333. The van der Waals surface area contributed by atoms with Crippen LogP contribution in [0.5, 0.6) is 5.75 Å². The first-order chi connectivity index (χ1) is 13.7. The molecule has 154 valence electrons. The average Bonchev–Trinajstić information content (AvgIpc) is 3.11. The van der Waals surface area contributed by atoms with E-state index in [1.54, 1.807) is 0 Å². The fourth-order valence-corrected chi connectivity index (χ4v) is 4.92. The van der Waals surface area contributed by atoms with Crippen LogP contribution in [-0.2, 0) is 10.0 Å². The zero-order valence-electron chi connectivity index (χ0n) is 15.1. The maximum Gasteiger partial charge on any atom is 0.573 e. The Labute approximate surface area is 164 Å². The van der Waals surface area contributed by atoms with E-state index in [0.29, 0.717) is 12.8 Å². The molecule has 0 N–H and O–H groups in total. The van der Waals surface area contributed by atoms with Crippen molar-refractivity contribution in [3.8, 4) is 5.75 Å². The molecule has 0 radical (unpaired) electrons. The van der Waals surface area contributed by atoms with Gasteiger partial charge in [0, 0.05) is 25.2 Å². The molecule has 3 aromatic rings. The van der Waals surface area contributed by atoms with Gasteiger partial charge in [0.15, 0.2) is 5.65 Å². The standard InChI is InChI=1S/C18H17F3N4O3S/c19-18(20,21)28-14-4-6-15(7-5-14)29(26,27)24-11-8-13(9-12-24)17-23-22-16-3-1-2-10-25(16)17/h1-7,10,13H,8-9,11-12H2. The van der Waals surface area contributed by atoms with Crippen LogP contribution in [0.15, 0.2) is 53.6 Å². The molecular weight excluding hydrogens is 409 g/mol. The molecule has 0 bridgehead atoms. The number of piperidine rings is 1. The van der Waals surface area contributed by atoms with Gasteiger partial charge in [-0.1, -0.05) is 6.07 Å². The normalized spacial score (nSPS) is 16.9. The number of sulfonamides is 1. The molecule has 0 amide bonds. The van der Waals surface area contributed by atoms with Crippen molar-refractivity contribution in [3.63, 3.8) is 0 Å². The lowest BCUT2D eigenvalue weighted by Crippen LogP contribution is -2.38. The van der Waals surface area contributed by atoms with Gasteiger partial charge in [-0.2, -0.15) is 4.31 Å². The molecule has 1 fully saturated rings. The molecule has 0 aliphatic carbocycles. The molecule has 1 saturated heterocycles. The van der Waals surface area contributed by atoms with E-state index in [1.807, 2.05) is 28.8 Å². The first kappa shape index (κ1) is 19.6. The largest absolute Gasteiger partial charge is 0.573 e. The molecule has 0 atom stereocenters. The Morgan fingerprint density at radius 3 is 2.34 bits per heavy atom. The van der Waals surface area contributed by atoms with E-state index in [2.05, 4.69) is 14.9 Å². The van der Waals surface area contributed by atoms with Crippen molar-refractivity contribution in [1.29, 1.82) is 0 Å². The van der Waals surface area contributed by atoms with Crippen molar-refractivity contribution in [3.05, 3.63) is 54.5 Å². The maximum atomic E-state index is 12.8. The van der Waals surface area contributed by atoms with Crippen LogP contribution in [0.1, 0.15) is 24.6 Å². The minimum Gasteiger partial charge on any atom is -0.406 e. The number of aromatic nitrogens is 3. The molecule has 1 aliphatic rings. The van der Waals surface area contributed by atoms with Crippen molar-refractivity contribution in [1.82, 2.24) is 18.9 Å². The molecule has 1 aliphatic heterocycles. The van der Waals surface area contributed by atoms with Crippen molar-refractivity contribution in [2.24, 2.45) is 0 Å². The van der Waals surface area contributed by atoms with E-state index >= 15 is 0 Å². The lowest BCUT2D eigenvalue weighted by molar-refractivity contribution is -0.274. The second-order valence-electron chi connectivity index (χ2n) is 6.68. The van der Waals surface area contributed by atoms with Gasteiger partial charge >= 0.3 is 6.36 Å². The number of fused-ring (bicyclic) bond motifs is 1. The molecule has 0 unspecified atom stereocenters. The van der Waals surface area contributed by atoms with Crippen LogP contribution in [0.4, 0.5) is 13.2 Å². The van der Waals surface area contributed by atoms with Crippen LogP contribution in [0.3, 0.4) is 0 Å². The van der Waals surface area contributed by atoms with Crippen LogP contribution in [0.25, 0.3) is 5.65 Å². The lowest BCUT2D eigenvalue weighted by Gasteiger charge is -2.30. The Bertz CT molecular complexity index is 1110. The van der Waals surface area contributed by atoms with E-state index in [1.165, 1.54) is 4.31 Å². The molecule has 1 aromatic carbocycles. The van der Waals surface area contributed by atoms with Crippen LogP contribution in [-0.4, -0.2) is 46.8 Å². The molecule has 7 nitrogen and oxygen atoms in total. The summed E-state index contributed by atoms with van der Waals surface area (Å²) < 4.78 is 69.4. The smallest absolute Gasteiger partial charge is 0.406 e. The summed E-state index contributed by atoms with van der Waals surface area (Å²) in [5, 5.41) is 8.37. The number of rotatable bonds is 4. The van der Waals surface area contributed by atoms with E-state index in [4.69, 9.17) is 0 Å². The molecule has 0 saturated carbocycles. The van der Waals surface area contributed by atoms with Crippen LogP contribution in [0, 0.1) is 0 Å². The molecule has 3 heterocycles. The maximum absolute atomic E-state index is 12.8. The topological polar surface area (TPSA) is 76.8 Å². The lowest BCUT2D eigenvalue weighted by atomic mass is 9.97. The van der Waals surface area contributed by atoms with Crippen molar-refractivity contribution < 1.29 is 26.3 Å². The van der Waals surface area contributed by atoms with Gasteiger partial charge in [-0.15, -0.1) is 23.4 Å². The molecule has 11 heteroatoms. The van der Waals surface area contributed by atoms with Gasteiger partial charge in [0.2, 0.25) is 10.0 Å².